The lowest BCUT2D eigenvalue weighted by Crippen LogP contribution is -2.38. The zero-order valence-electron chi connectivity index (χ0n) is 16.5. The van der Waals surface area contributed by atoms with Gasteiger partial charge in [0.15, 0.2) is 6.10 Å². The maximum absolute atomic E-state index is 12.2. The number of benzene rings is 1. The summed E-state index contributed by atoms with van der Waals surface area (Å²) < 4.78 is 29.9. The molecule has 0 bridgehead atoms. The number of nitrogens with zero attached hydrogens (tertiary/aromatic N) is 1. The summed E-state index contributed by atoms with van der Waals surface area (Å²) in [6.45, 7) is 6.68. The minimum atomic E-state index is -3.30. The lowest BCUT2D eigenvalue weighted by atomic mass is 9.99. The molecular formula is C19H32N2O4S. The summed E-state index contributed by atoms with van der Waals surface area (Å²) in [6.07, 6.45) is 5.04. The van der Waals surface area contributed by atoms with Crippen LogP contribution in [0.1, 0.15) is 46.5 Å². The normalized spacial score (nSPS) is 13.7. The van der Waals surface area contributed by atoms with Gasteiger partial charge < -0.3 is 10.1 Å². The van der Waals surface area contributed by atoms with Gasteiger partial charge in [-0.15, -0.1) is 0 Å². The van der Waals surface area contributed by atoms with Crippen molar-refractivity contribution in [2.75, 3.05) is 24.2 Å². The molecule has 1 rings (SSSR count). The molecule has 1 N–H and O–H groups in total. The highest BCUT2D eigenvalue weighted by atomic mass is 32.2. The van der Waals surface area contributed by atoms with E-state index in [4.69, 9.17) is 4.74 Å². The molecule has 6 nitrogen and oxygen atoms in total. The van der Waals surface area contributed by atoms with Crippen LogP contribution in [0.2, 0.25) is 0 Å². The van der Waals surface area contributed by atoms with Gasteiger partial charge in [0.05, 0.1) is 11.9 Å². The summed E-state index contributed by atoms with van der Waals surface area (Å²) in [4.78, 5) is 12.2. The van der Waals surface area contributed by atoms with Crippen LogP contribution in [0, 0.1) is 5.92 Å². The summed E-state index contributed by atoms with van der Waals surface area (Å²) in [5.74, 6) is 0.880. The predicted octanol–water partition coefficient (Wildman–Crippen LogP) is 3.18. The number of sulfonamides is 1. The molecule has 2 atom stereocenters. The molecule has 0 heterocycles. The molecule has 0 unspecified atom stereocenters. The van der Waals surface area contributed by atoms with E-state index in [9.17, 15) is 13.2 Å². The van der Waals surface area contributed by atoms with Crippen LogP contribution in [0.15, 0.2) is 24.3 Å². The third-order valence-corrected chi connectivity index (χ3v) is 5.69. The number of nitrogens with one attached hydrogen (secondary N) is 1. The molecule has 1 amide bonds. The fourth-order valence-corrected chi connectivity index (χ4v) is 3.02. The average molecular weight is 385 g/mol. The number of hydrogen-bond acceptors (Lipinski definition) is 4. The molecule has 0 saturated carbocycles. The Hall–Kier alpha value is -1.76. The summed E-state index contributed by atoms with van der Waals surface area (Å²) >= 11 is 0. The fraction of sp³-hybridized carbons (Fsp3) is 0.632. The number of unbranched alkanes of at least 4 members (excludes halogenated alkanes) is 1. The van der Waals surface area contributed by atoms with Crippen molar-refractivity contribution in [1.82, 2.24) is 5.32 Å². The third kappa shape index (κ3) is 7.23. The van der Waals surface area contributed by atoms with Crippen LogP contribution in [0.25, 0.3) is 0 Å². The Morgan fingerprint density at radius 1 is 1.23 bits per heavy atom. The molecule has 1 aromatic carbocycles. The second-order valence-corrected chi connectivity index (χ2v) is 8.66. The van der Waals surface area contributed by atoms with Crippen LogP contribution in [0.5, 0.6) is 5.75 Å². The quantitative estimate of drug-likeness (QED) is 0.636. The van der Waals surface area contributed by atoms with Crippen molar-refractivity contribution < 1.29 is 17.9 Å². The fourth-order valence-electron chi connectivity index (χ4n) is 2.52. The first-order valence-electron chi connectivity index (χ1n) is 9.17. The molecule has 0 radical (unpaired) electrons. The van der Waals surface area contributed by atoms with Crippen molar-refractivity contribution in [3.05, 3.63) is 24.3 Å². The highest BCUT2D eigenvalue weighted by Crippen LogP contribution is 2.21. The zero-order valence-corrected chi connectivity index (χ0v) is 17.3. The molecule has 0 aliphatic heterocycles. The molecule has 0 spiro atoms. The van der Waals surface area contributed by atoms with Crippen molar-refractivity contribution >= 4 is 21.6 Å². The average Bonchev–Trinajstić information content (AvgIpc) is 2.60. The smallest absolute Gasteiger partial charge is 0.260 e. The van der Waals surface area contributed by atoms with Gasteiger partial charge in [-0.25, -0.2) is 8.42 Å². The number of ether oxygens (including phenoxy) is 1. The van der Waals surface area contributed by atoms with E-state index in [1.54, 1.807) is 31.2 Å². The van der Waals surface area contributed by atoms with Gasteiger partial charge >= 0.3 is 0 Å². The minimum absolute atomic E-state index is 0.141. The first-order valence-corrected chi connectivity index (χ1v) is 11.0. The van der Waals surface area contributed by atoms with Gasteiger partial charge in [-0.1, -0.05) is 33.1 Å². The Bertz CT molecular complexity index is 659. The second-order valence-electron chi connectivity index (χ2n) is 6.65. The highest BCUT2D eigenvalue weighted by Gasteiger charge is 2.17. The van der Waals surface area contributed by atoms with E-state index in [1.807, 2.05) is 0 Å². The topological polar surface area (TPSA) is 75.7 Å². The summed E-state index contributed by atoms with van der Waals surface area (Å²) in [5.41, 5.74) is 0.540. The maximum Gasteiger partial charge on any atom is 0.260 e. The lowest BCUT2D eigenvalue weighted by Gasteiger charge is -2.19. The Morgan fingerprint density at radius 2 is 1.85 bits per heavy atom. The Balaban J connectivity index is 2.56. The first-order chi connectivity index (χ1) is 12.2. The van der Waals surface area contributed by atoms with Crippen molar-refractivity contribution in [3.8, 4) is 5.75 Å². The molecule has 0 aliphatic carbocycles. The number of hydrogen-bond donors (Lipinski definition) is 1. The number of carbonyl (C=O) groups is 1. The summed E-state index contributed by atoms with van der Waals surface area (Å²) in [5, 5.41) is 2.96. The second kappa shape index (κ2) is 10.4. The van der Waals surface area contributed by atoms with E-state index in [1.165, 1.54) is 17.8 Å². The molecular weight excluding hydrogens is 352 g/mol. The number of amides is 1. The summed E-state index contributed by atoms with van der Waals surface area (Å²) in [7, 11) is -1.81. The Kier molecular flexibility index (Phi) is 8.92. The van der Waals surface area contributed by atoms with Crippen molar-refractivity contribution in [1.29, 1.82) is 0 Å². The standard InChI is InChI=1S/C19H32N2O4S/c1-6-8-9-16(7-2)14-20-19(22)15(3)25-18-12-10-17(11-13-18)21(4)26(5,23)24/h10-13,15-16H,6-9,14H2,1-5H3,(H,20,22)/t15-,16+/m1/s1. The van der Waals surface area contributed by atoms with Gasteiger partial charge in [-0.3, -0.25) is 9.10 Å². The molecule has 0 aliphatic rings. The summed E-state index contributed by atoms with van der Waals surface area (Å²) in [6, 6.07) is 6.63. The number of anilines is 1. The van der Waals surface area contributed by atoms with Crippen LogP contribution in [-0.4, -0.2) is 40.3 Å². The minimum Gasteiger partial charge on any atom is -0.481 e. The predicted molar refractivity (Wildman–Crippen MR) is 106 cm³/mol. The Morgan fingerprint density at radius 3 is 2.35 bits per heavy atom. The van der Waals surface area contributed by atoms with Crippen LogP contribution in [-0.2, 0) is 14.8 Å². The first kappa shape index (κ1) is 22.3. The van der Waals surface area contributed by atoms with E-state index in [-0.39, 0.29) is 5.91 Å². The van der Waals surface area contributed by atoms with E-state index in [0.717, 1.165) is 25.5 Å². The number of rotatable bonds is 11. The molecule has 26 heavy (non-hydrogen) atoms. The van der Waals surface area contributed by atoms with Crippen LogP contribution in [0.3, 0.4) is 0 Å². The van der Waals surface area contributed by atoms with Crippen LogP contribution < -0.4 is 14.4 Å². The van der Waals surface area contributed by atoms with E-state index >= 15 is 0 Å². The van der Waals surface area contributed by atoms with Gasteiger partial charge in [0.1, 0.15) is 5.75 Å². The van der Waals surface area contributed by atoms with Crippen LogP contribution >= 0.6 is 0 Å². The lowest BCUT2D eigenvalue weighted by molar-refractivity contribution is -0.127. The monoisotopic (exact) mass is 384 g/mol. The van der Waals surface area contributed by atoms with Crippen LogP contribution in [0.4, 0.5) is 5.69 Å². The number of carbonyl (C=O) groups excluding carboxylic acids is 1. The molecule has 0 aromatic heterocycles. The van der Waals surface area contributed by atoms with Gasteiger partial charge in [0.2, 0.25) is 10.0 Å². The molecule has 0 fully saturated rings. The molecule has 148 valence electrons. The molecule has 1 aromatic rings. The Labute approximate surface area is 158 Å². The third-order valence-electron chi connectivity index (χ3n) is 4.49. The van der Waals surface area contributed by atoms with E-state index in [0.29, 0.717) is 23.9 Å². The highest BCUT2D eigenvalue weighted by molar-refractivity contribution is 7.92. The van der Waals surface area contributed by atoms with Crippen molar-refractivity contribution in [2.24, 2.45) is 5.92 Å². The van der Waals surface area contributed by atoms with Gasteiger partial charge in [0, 0.05) is 13.6 Å². The molecule has 0 saturated heterocycles. The zero-order chi connectivity index (χ0) is 19.7. The maximum atomic E-state index is 12.2. The van der Waals surface area contributed by atoms with E-state index < -0.39 is 16.1 Å². The largest absolute Gasteiger partial charge is 0.481 e. The SMILES string of the molecule is CCCC[C@H](CC)CNC(=O)[C@@H](C)Oc1ccc(N(C)S(C)(=O)=O)cc1. The van der Waals surface area contributed by atoms with Gasteiger partial charge in [-0.2, -0.15) is 0 Å². The van der Waals surface area contributed by atoms with Gasteiger partial charge in [0.25, 0.3) is 5.91 Å². The van der Waals surface area contributed by atoms with Gasteiger partial charge in [-0.05, 0) is 43.5 Å². The van der Waals surface area contributed by atoms with Crippen molar-refractivity contribution in [3.63, 3.8) is 0 Å². The molecule has 7 heteroatoms. The van der Waals surface area contributed by atoms with E-state index in [2.05, 4.69) is 19.2 Å². The van der Waals surface area contributed by atoms with Crippen molar-refractivity contribution in [2.45, 2.75) is 52.6 Å².